The van der Waals surface area contributed by atoms with E-state index in [2.05, 4.69) is 26.0 Å². The van der Waals surface area contributed by atoms with Crippen molar-refractivity contribution >= 4 is 23.5 Å². The first kappa shape index (κ1) is 6.86. The lowest BCUT2D eigenvalue weighted by molar-refractivity contribution is 1.14. The third-order valence-corrected chi connectivity index (χ3v) is 4.36. The minimum Gasteiger partial charge on any atom is -0.122 e. The van der Waals surface area contributed by atoms with E-state index >= 15 is 0 Å². The Hall–Kier alpha value is 0.180. The van der Waals surface area contributed by atoms with Crippen LogP contribution in [0.3, 0.4) is 0 Å². The van der Waals surface area contributed by atoms with Crippen molar-refractivity contribution in [3.8, 4) is 0 Å². The summed E-state index contributed by atoms with van der Waals surface area (Å²) in [5.41, 5.74) is 0. The van der Waals surface area contributed by atoms with E-state index in [0.717, 1.165) is 10.5 Å². The summed E-state index contributed by atoms with van der Waals surface area (Å²) in [6, 6.07) is 0. The fourth-order valence-corrected chi connectivity index (χ4v) is 4.15. The van der Waals surface area contributed by atoms with Gasteiger partial charge in [0, 0.05) is 10.5 Å². The third kappa shape index (κ3) is 1.04. The van der Waals surface area contributed by atoms with Crippen LogP contribution in [0, 0.1) is 0 Å². The van der Waals surface area contributed by atoms with E-state index in [1.807, 2.05) is 23.5 Å². The lowest BCUT2D eigenvalue weighted by Gasteiger charge is -2.03. The summed E-state index contributed by atoms with van der Waals surface area (Å²) >= 11 is 4.01. The second kappa shape index (κ2) is 2.35. The first-order chi connectivity index (χ1) is 4.75. The van der Waals surface area contributed by atoms with Gasteiger partial charge in [-0.1, -0.05) is 12.2 Å². The summed E-state index contributed by atoms with van der Waals surface area (Å²) in [4.78, 5) is 2.98. The predicted molar refractivity (Wildman–Crippen MR) is 50.3 cm³/mol. The van der Waals surface area contributed by atoms with E-state index in [1.54, 1.807) is 0 Å². The Bertz CT molecular complexity index is 191. The maximum absolute atomic E-state index is 2.38. The average Bonchev–Trinajstić information content (AvgIpc) is 2.21. The largest absolute Gasteiger partial charge is 0.122 e. The molecule has 10 heavy (non-hydrogen) atoms. The molecule has 0 fully saturated rings. The molecule has 0 bridgehead atoms. The molecule has 0 spiro atoms. The maximum Gasteiger partial charge on any atom is 0.0439 e. The Balaban J connectivity index is 2.17. The van der Waals surface area contributed by atoms with Crippen LogP contribution in [-0.2, 0) is 0 Å². The molecule has 0 saturated carbocycles. The average molecular weight is 170 g/mol. The number of allylic oxidation sites excluding steroid dienone is 2. The summed E-state index contributed by atoms with van der Waals surface area (Å²) < 4.78 is 0. The van der Waals surface area contributed by atoms with E-state index < -0.39 is 0 Å². The number of hydrogen-bond acceptors (Lipinski definition) is 2. The second-order valence-electron chi connectivity index (χ2n) is 2.72. The van der Waals surface area contributed by atoms with Gasteiger partial charge < -0.3 is 0 Å². The molecule has 0 aromatic rings. The summed E-state index contributed by atoms with van der Waals surface area (Å²) in [5.74, 6) is 0. The first-order valence-corrected chi connectivity index (χ1v) is 5.22. The van der Waals surface area contributed by atoms with Gasteiger partial charge in [-0.05, 0) is 23.7 Å². The highest BCUT2D eigenvalue weighted by atomic mass is 32.2. The van der Waals surface area contributed by atoms with Crippen LogP contribution in [-0.4, -0.2) is 10.5 Å². The minimum absolute atomic E-state index is 0.755. The zero-order valence-corrected chi connectivity index (χ0v) is 7.76. The van der Waals surface area contributed by atoms with Crippen molar-refractivity contribution in [3.05, 3.63) is 22.0 Å². The third-order valence-electron chi connectivity index (χ3n) is 1.77. The number of fused-ring (bicyclic) bond motifs is 1. The van der Waals surface area contributed by atoms with Crippen LogP contribution in [0.2, 0.25) is 0 Å². The van der Waals surface area contributed by atoms with Crippen LogP contribution in [0.4, 0.5) is 0 Å². The fraction of sp³-hybridized carbons (Fsp3) is 0.500. The molecular weight excluding hydrogens is 160 g/mol. The molecule has 54 valence electrons. The van der Waals surface area contributed by atoms with Crippen LogP contribution >= 0.6 is 23.5 Å². The van der Waals surface area contributed by atoms with Gasteiger partial charge in [-0.15, -0.1) is 23.5 Å². The minimum atomic E-state index is 0.755. The molecule has 2 heterocycles. The van der Waals surface area contributed by atoms with Gasteiger partial charge in [-0.3, -0.25) is 0 Å². The van der Waals surface area contributed by atoms with Crippen LogP contribution in [0.1, 0.15) is 13.8 Å². The van der Waals surface area contributed by atoms with Crippen molar-refractivity contribution in [3.63, 3.8) is 0 Å². The molecule has 0 saturated heterocycles. The van der Waals surface area contributed by atoms with Gasteiger partial charge in [-0.25, -0.2) is 0 Å². The molecule has 0 radical (unpaired) electrons. The lowest BCUT2D eigenvalue weighted by Crippen LogP contribution is -2.04. The Morgan fingerprint density at radius 1 is 1.00 bits per heavy atom. The zero-order chi connectivity index (χ0) is 7.14. The van der Waals surface area contributed by atoms with Crippen LogP contribution in [0.25, 0.3) is 0 Å². The molecule has 2 atom stereocenters. The Labute approximate surface area is 70.1 Å². The van der Waals surface area contributed by atoms with E-state index in [9.17, 15) is 0 Å². The molecule has 2 aliphatic heterocycles. The summed E-state index contributed by atoms with van der Waals surface area (Å²) in [6.45, 7) is 4.40. The topological polar surface area (TPSA) is 0 Å². The normalized spacial score (nSPS) is 37.4. The molecule has 2 aliphatic rings. The summed E-state index contributed by atoms with van der Waals surface area (Å²) in [7, 11) is 0. The van der Waals surface area contributed by atoms with E-state index in [0.29, 0.717) is 0 Å². The number of rotatable bonds is 0. The molecule has 0 aromatic carbocycles. The number of thioether (sulfide) groups is 2. The van der Waals surface area contributed by atoms with Crippen molar-refractivity contribution < 1.29 is 0 Å². The molecule has 0 N–H and O–H groups in total. The predicted octanol–water partition coefficient (Wildman–Crippen LogP) is 3.02. The SMILES string of the molecule is CC1=CC2SC(C)=CC2S1. The molecule has 2 heteroatoms. The molecule has 0 aliphatic carbocycles. The summed E-state index contributed by atoms with van der Waals surface area (Å²) in [6.07, 6.45) is 4.76. The van der Waals surface area contributed by atoms with Crippen molar-refractivity contribution in [1.82, 2.24) is 0 Å². The highest BCUT2D eigenvalue weighted by molar-refractivity contribution is 8.09. The highest BCUT2D eigenvalue weighted by Crippen LogP contribution is 2.46. The van der Waals surface area contributed by atoms with Crippen LogP contribution < -0.4 is 0 Å². The standard InChI is InChI=1S/C8H10S2/c1-5-3-7-8(9-5)4-6(2)10-7/h3-4,7-8H,1-2H3. The van der Waals surface area contributed by atoms with Gasteiger partial charge in [-0.2, -0.15) is 0 Å². The van der Waals surface area contributed by atoms with Gasteiger partial charge >= 0.3 is 0 Å². The summed E-state index contributed by atoms with van der Waals surface area (Å²) in [5, 5.41) is 1.51. The van der Waals surface area contributed by atoms with E-state index in [4.69, 9.17) is 0 Å². The fourth-order valence-electron chi connectivity index (χ4n) is 1.36. The molecule has 0 aromatic heterocycles. The van der Waals surface area contributed by atoms with Crippen LogP contribution in [0.5, 0.6) is 0 Å². The Morgan fingerprint density at radius 3 is 1.80 bits per heavy atom. The van der Waals surface area contributed by atoms with Gasteiger partial charge in [0.2, 0.25) is 0 Å². The monoisotopic (exact) mass is 170 g/mol. The van der Waals surface area contributed by atoms with Gasteiger partial charge in [0.1, 0.15) is 0 Å². The molecule has 2 rings (SSSR count). The lowest BCUT2D eigenvalue weighted by atomic mass is 10.3. The van der Waals surface area contributed by atoms with E-state index in [-0.39, 0.29) is 0 Å². The molecule has 2 unspecified atom stereocenters. The highest BCUT2D eigenvalue weighted by Gasteiger charge is 2.30. The molecule has 0 nitrogen and oxygen atoms in total. The van der Waals surface area contributed by atoms with Crippen molar-refractivity contribution in [2.45, 2.75) is 24.3 Å². The Morgan fingerprint density at radius 2 is 1.40 bits per heavy atom. The van der Waals surface area contributed by atoms with Gasteiger partial charge in [0.05, 0.1) is 0 Å². The zero-order valence-electron chi connectivity index (χ0n) is 6.13. The number of hydrogen-bond donors (Lipinski definition) is 0. The second-order valence-corrected chi connectivity index (χ2v) is 5.57. The smallest absolute Gasteiger partial charge is 0.0439 e. The van der Waals surface area contributed by atoms with Crippen molar-refractivity contribution in [2.75, 3.05) is 0 Å². The van der Waals surface area contributed by atoms with Gasteiger partial charge in [0.15, 0.2) is 0 Å². The maximum atomic E-state index is 2.38. The first-order valence-electron chi connectivity index (χ1n) is 3.46. The van der Waals surface area contributed by atoms with Gasteiger partial charge in [0.25, 0.3) is 0 Å². The van der Waals surface area contributed by atoms with Crippen molar-refractivity contribution in [1.29, 1.82) is 0 Å². The van der Waals surface area contributed by atoms with Crippen LogP contribution in [0.15, 0.2) is 22.0 Å². The van der Waals surface area contributed by atoms with Crippen molar-refractivity contribution in [2.24, 2.45) is 0 Å². The molecule has 0 amide bonds. The Kier molecular flexibility index (Phi) is 1.61. The van der Waals surface area contributed by atoms with E-state index in [1.165, 1.54) is 9.81 Å². The molecular formula is C8H10S2. The quantitative estimate of drug-likeness (QED) is 0.548.